The molecule has 1 aliphatic rings. The van der Waals surface area contributed by atoms with Gasteiger partial charge in [0.25, 0.3) is 0 Å². The first kappa shape index (κ1) is 14.2. The number of hydrogen-bond donors (Lipinski definition) is 1. The van der Waals surface area contributed by atoms with Gasteiger partial charge in [-0.25, -0.2) is 9.97 Å². The number of anilines is 2. The van der Waals surface area contributed by atoms with Gasteiger partial charge in [0.2, 0.25) is 0 Å². The second-order valence-corrected chi connectivity index (χ2v) is 5.77. The van der Waals surface area contributed by atoms with E-state index in [4.69, 9.17) is 4.98 Å². The van der Waals surface area contributed by atoms with E-state index in [1.54, 1.807) is 0 Å². The van der Waals surface area contributed by atoms with Gasteiger partial charge in [0.1, 0.15) is 5.82 Å². The van der Waals surface area contributed by atoms with E-state index < -0.39 is 0 Å². The summed E-state index contributed by atoms with van der Waals surface area (Å²) in [6.45, 7) is 6.33. The average molecular weight is 287 g/mol. The minimum atomic E-state index is 0.605. The van der Waals surface area contributed by atoms with Gasteiger partial charge in [0.15, 0.2) is 11.5 Å². The van der Waals surface area contributed by atoms with E-state index in [1.165, 1.54) is 32.1 Å². The molecule has 3 rings (SSSR count). The van der Waals surface area contributed by atoms with Crippen LogP contribution in [0.1, 0.15) is 46.0 Å². The second kappa shape index (κ2) is 6.33. The molecule has 0 aliphatic carbocycles. The molecule has 1 atom stereocenters. The Kier molecular flexibility index (Phi) is 4.27. The van der Waals surface area contributed by atoms with Crippen LogP contribution < -0.4 is 10.2 Å². The van der Waals surface area contributed by atoms with Crippen molar-refractivity contribution in [1.82, 2.24) is 14.4 Å². The lowest BCUT2D eigenvalue weighted by atomic mass is 9.98. The van der Waals surface area contributed by atoms with Crippen molar-refractivity contribution >= 4 is 17.3 Å². The lowest BCUT2D eigenvalue weighted by Gasteiger charge is -2.36. The molecule has 2 aromatic rings. The fraction of sp³-hybridized carbons (Fsp3) is 0.625. The van der Waals surface area contributed by atoms with Crippen LogP contribution in [0.25, 0.3) is 5.65 Å². The van der Waals surface area contributed by atoms with Gasteiger partial charge < -0.3 is 14.6 Å². The quantitative estimate of drug-likeness (QED) is 0.916. The van der Waals surface area contributed by atoms with Crippen molar-refractivity contribution in [2.24, 2.45) is 0 Å². The molecule has 1 aliphatic heterocycles. The number of nitrogens with one attached hydrogen (secondary N) is 1. The van der Waals surface area contributed by atoms with Crippen molar-refractivity contribution < 1.29 is 0 Å². The predicted octanol–water partition coefficient (Wildman–Crippen LogP) is 3.32. The summed E-state index contributed by atoms with van der Waals surface area (Å²) in [7, 11) is 0. The highest BCUT2D eigenvalue weighted by Crippen LogP contribution is 2.29. The third-order valence-electron chi connectivity index (χ3n) is 4.24. The van der Waals surface area contributed by atoms with Crippen molar-refractivity contribution in [3.63, 3.8) is 0 Å². The summed E-state index contributed by atoms with van der Waals surface area (Å²) in [6, 6.07) is 0.605. The maximum absolute atomic E-state index is 4.85. The largest absolute Gasteiger partial charge is 0.369 e. The second-order valence-electron chi connectivity index (χ2n) is 5.77. The maximum Gasteiger partial charge on any atom is 0.180 e. The molecule has 5 nitrogen and oxygen atoms in total. The summed E-state index contributed by atoms with van der Waals surface area (Å²) in [6.07, 6.45) is 12.2. The van der Waals surface area contributed by atoms with Crippen LogP contribution in [0.4, 0.5) is 11.6 Å². The highest BCUT2D eigenvalue weighted by molar-refractivity contribution is 5.67. The van der Waals surface area contributed by atoms with Gasteiger partial charge in [0.05, 0.1) is 6.20 Å². The molecule has 1 unspecified atom stereocenters. The van der Waals surface area contributed by atoms with Crippen molar-refractivity contribution in [3.05, 3.63) is 18.6 Å². The third kappa shape index (κ3) is 2.82. The Labute approximate surface area is 126 Å². The predicted molar refractivity (Wildman–Crippen MR) is 87.0 cm³/mol. The van der Waals surface area contributed by atoms with Crippen molar-refractivity contribution in [3.8, 4) is 0 Å². The summed E-state index contributed by atoms with van der Waals surface area (Å²) in [5.74, 6) is 1.97. The number of rotatable bonds is 5. The minimum absolute atomic E-state index is 0.605. The van der Waals surface area contributed by atoms with Gasteiger partial charge in [-0.3, -0.25) is 0 Å². The van der Waals surface area contributed by atoms with E-state index in [2.05, 4.69) is 33.4 Å². The normalized spacial score (nSPS) is 19.1. The highest BCUT2D eigenvalue weighted by atomic mass is 15.3. The molecular weight excluding hydrogens is 262 g/mol. The average Bonchev–Trinajstić information content (AvgIpc) is 2.96. The van der Waals surface area contributed by atoms with Crippen LogP contribution in [0.3, 0.4) is 0 Å². The first-order chi connectivity index (χ1) is 10.3. The number of fused-ring (bicyclic) bond motifs is 1. The topological polar surface area (TPSA) is 45.5 Å². The smallest absolute Gasteiger partial charge is 0.180 e. The fourth-order valence-electron chi connectivity index (χ4n) is 3.29. The van der Waals surface area contributed by atoms with Crippen LogP contribution in [-0.4, -0.2) is 33.5 Å². The minimum Gasteiger partial charge on any atom is -0.369 e. The van der Waals surface area contributed by atoms with Crippen LogP contribution in [0.5, 0.6) is 0 Å². The highest BCUT2D eigenvalue weighted by Gasteiger charge is 2.25. The first-order valence-electron chi connectivity index (χ1n) is 8.17. The van der Waals surface area contributed by atoms with E-state index in [-0.39, 0.29) is 0 Å². The molecule has 0 radical (unpaired) electrons. The molecule has 0 bridgehead atoms. The standard InChI is InChI=1S/C16H25N5/c1-3-7-13-8-5-6-10-21(13)16-15-18-9-11-20(15)12-14(19-16)17-4-2/h9,11-13,17H,3-8,10H2,1-2H3. The number of imidazole rings is 1. The monoisotopic (exact) mass is 287 g/mol. The van der Waals surface area contributed by atoms with Gasteiger partial charge in [-0.15, -0.1) is 0 Å². The lowest BCUT2D eigenvalue weighted by Crippen LogP contribution is -2.40. The molecule has 1 fully saturated rings. The summed E-state index contributed by atoms with van der Waals surface area (Å²) < 4.78 is 2.08. The van der Waals surface area contributed by atoms with E-state index in [1.807, 2.05) is 18.6 Å². The molecule has 0 aromatic carbocycles. The molecule has 114 valence electrons. The molecule has 0 saturated carbocycles. The van der Waals surface area contributed by atoms with Crippen molar-refractivity contribution in [2.45, 2.75) is 52.0 Å². The Morgan fingerprint density at radius 3 is 3.05 bits per heavy atom. The van der Waals surface area contributed by atoms with Crippen LogP contribution in [0, 0.1) is 0 Å². The number of aromatic nitrogens is 3. The summed E-state index contributed by atoms with van der Waals surface area (Å²) in [5, 5.41) is 3.33. The Hall–Kier alpha value is -1.78. The van der Waals surface area contributed by atoms with Gasteiger partial charge >= 0.3 is 0 Å². The summed E-state index contributed by atoms with van der Waals surface area (Å²) >= 11 is 0. The van der Waals surface area contributed by atoms with Crippen LogP contribution in [-0.2, 0) is 0 Å². The molecular formula is C16H25N5. The summed E-state index contributed by atoms with van der Waals surface area (Å²) in [4.78, 5) is 11.9. The molecule has 21 heavy (non-hydrogen) atoms. The van der Waals surface area contributed by atoms with Gasteiger partial charge in [-0.2, -0.15) is 0 Å². The van der Waals surface area contributed by atoms with Crippen LogP contribution in [0.2, 0.25) is 0 Å². The van der Waals surface area contributed by atoms with Gasteiger partial charge in [-0.05, 0) is 32.6 Å². The Balaban J connectivity index is 2.01. The molecule has 5 heteroatoms. The third-order valence-corrected chi connectivity index (χ3v) is 4.24. The zero-order valence-corrected chi connectivity index (χ0v) is 13.0. The van der Waals surface area contributed by atoms with E-state index in [9.17, 15) is 0 Å². The zero-order chi connectivity index (χ0) is 14.7. The van der Waals surface area contributed by atoms with Crippen molar-refractivity contribution in [1.29, 1.82) is 0 Å². The number of piperidine rings is 1. The Morgan fingerprint density at radius 2 is 2.24 bits per heavy atom. The zero-order valence-electron chi connectivity index (χ0n) is 13.0. The molecule has 0 amide bonds. The number of hydrogen-bond acceptors (Lipinski definition) is 4. The molecule has 3 heterocycles. The molecule has 1 N–H and O–H groups in total. The summed E-state index contributed by atoms with van der Waals surface area (Å²) in [5.41, 5.74) is 0.972. The number of nitrogens with zero attached hydrogens (tertiary/aromatic N) is 4. The molecule has 2 aromatic heterocycles. The maximum atomic E-state index is 4.85. The van der Waals surface area contributed by atoms with Gasteiger partial charge in [-0.1, -0.05) is 13.3 Å². The van der Waals surface area contributed by atoms with E-state index >= 15 is 0 Å². The van der Waals surface area contributed by atoms with Crippen LogP contribution >= 0.6 is 0 Å². The van der Waals surface area contributed by atoms with E-state index in [0.29, 0.717) is 6.04 Å². The Morgan fingerprint density at radius 1 is 1.33 bits per heavy atom. The van der Waals surface area contributed by atoms with Crippen LogP contribution in [0.15, 0.2) is 18.6 Å². The SMILES string of the molecule is CCCC1CCCCN1c1nc(NCC)cn2ccnc12. The Bertz CT molecular complexity index is 589. The first-order valence-corrected chi connectivity index (χ1v) is 8.17. The van der Waals surface area contributed by atoms with E-state index in [0.717, 1.165) is 30.4 Å². The fourth-order valence-corrected chi connectivity index (χ4v) is 3.29. The molecule has 0 spiro atoms. The van der Waals surface area contributed by atoms with Gasteiger partial charge in [0, 0.05) is 31.5 Å². The van der Waals surface area contributed by atoms with Crippen molar-refractivity contribution in [2.75, 3.05) is 23.3 Å². The lowest BCUT2D eigenvalue weighted by molar-refractivity contribution is 0.432. The molecule has 1 saturated heterocycles.